The van der Waals surface area contributed by atoms with Crippen molar-refractivity contribution >= 4 is 29.1 Å². The summed E-state index contributed by atoms with van der Waals surface area (Å²) in [7, 11) is 1.59. The first-order valence-corrected chi connectivity index (χ1v) is 13.5. The molecule has 0 saturated carbocycles. The molecule has 1 fully saturated rings. The van der Waals surface area contributed by atoms with Gasteiger partial charge in [0.05, 0.1) is 22.9 Å². The van der Waals surface area contributed by atoms with Crippen LogP contribution in [0.4, 0.5) is 0 Å². The van der Waals surface area contributed by atoms with Crippen LogP contribution in [0.2, 0.25) is 10.0 Å². The minimum atomic E-state index is -1.20. The lowest BCUT2D eigenvalue weighted by Gasteiger charge is -2.38. The number of methoxy groups -OCH3 is 1. The Labute approximate surface area is 233 Å². The first-order valence-electron chi connectivity index (χ1n) is 12.8. The molecule has 2 aromatic carbocycles. The van der Waals surface area contributed by atoms with Crippen LogP contribution >= 0.6 is 23.2 Å². The number of amides is 1. The van der Waals surface area contributed by atoms with Crippen LogP contribution in [0.5, 0.6) is 0 Å². The first kappa shape index (κ1) is 27.1. The molecular formula is C29H32Cl2N4O3. The summed E-state index contributed by atoms with van der Waals surface area (Å²) in [5.74, 6) is -0.204. The van der Waals surface area contributed by atoms with Crippen molar-refractivity contribution in [3.8, 4) is 0 Å². The largest absolute Gasteiger partial charge is 0.384 e. The molecule has 0 spiro atoms. The Morgan fingerprint density at radius 1 is 1.08 bits per heavy atom. The first-order chi connectivity index (χ1) is 18.2. The molecule has 7 nitrogen and oxygen atoms in total. The quantitative estimate of drug-likeness (QED) is 0.451. The average Bonchev–Trinajstić information content (AvgIpc) is 3.04. The number of aromatic nitrogens is 1. The van der Waals surface area contributed by atoms with E-state index in [1.807, 2.05) is 37.3 Å². The zero-order valence-corrected chi connectivity index (χ0v) is 23.1. The smallest absolute Gasteiger partial charge is 0.257 e. The molecule has 1 aromatic heterocycles. The van der Waals surface area contributed by atoms with Gasteiger partial charge < -0.3 is 15.2 Å². The van der Waals surface area contributed by atoms with E-state index >= 15 is 0 Å². The van der Waals surface area contributed by atoms with Gasteiger partial charge in [-0.25, -0.2) is 0 Å². The molecule has 0 bridgehead atoms. The lowest BCUT2D eigenvalue weighted by molar-refractivity contribution is -0.0868. The van der Waals surface area contributed by atoms with Crippen LogP contribution in [0, 0.1) is 0 Å². The molecule has 5 rings (SSSR count). The molecule has 200 valence electrons. The standard InChI is InChI=1S/C29H32Cl2N4O3/c1-28(37,19-34-14-3-12-32-13-15-34)21-6-11-26-25(16-21)27(36)35(18-24-10-9-23(31)17-33-24)29(26,38-2)20-4-7-22(30)8-5-20/h4-11,16-17,32,37H,3,12-15,18-19H2,1-2H3/t28?,29-/m1/s1. The van der Waals surface area contributed by atoms with Crippen LogP contribution in [-0.2, 0) is 22.6 Å². The van der Waals surface area contributed by atoms with Crippen LogP contribution in [0.15, 0.2) is 60.8 Å². The zero-order chi connectivity index (χ0) is 26.9. The summed E-state index contributed by atoms with van der Waals surface area (Å²) in [6, 6.07) is 16.5. The maximum atomic E-state index is 14.1. The highest BCUT2D eigenvalue weighted by atomic mass is 35.5. The molecular weight excluding hydrogens is 523 g/mol. The Hall–Kier alpha value is -2.52. The lowest BCUT2D eigenvalue weighted by Crippen LogP contribution is -2.45. The maximum absolute atomic E-state index is 14.1. The maximum Gasteiger partial charge on any atom is 0.257 e. The number of benzene rings is 2. The molecule has 2 aliphatic heterocycles. The van der Waals surface area contributed by atoms with Crippen molar-refractivity contribution in [2.45, 2.75) is 31.2 Å². The number of fused-ring (bicyclic) bond motifs is 1. The van der Waals surface area contributed by atoms with Gasteiger partial charge in [-0.15, -0.1) is 0 Å². The SMILES string of the molecule is CO[C@]1(c2ccc(Cl)cc2)c2ccc(C(C)(O)CN3CCCNCC3)cc2C(=O)N1Cc1ccc(Cl)cn1. The van der Waals surface area contributed by atoms with Gasteiger partial charge in [0, 0.05) is 54.7 Å². The zero-order valence-electron chi connectivity index (χ0n) is 21.6. The van der Waals surface area contributed by atoms with Crippen LogP contribution in [0.3, 0.4) is 0 Å². The fraction of sp³-hybridized carbons (Fsp3) is 0.379. The third-order valence-corrected chi connectivity index (χ3v) is 7.94. The molecule has 2 aliphatic rings. The molecule has 9 heteroatoms. The van der Waals surface area contributed by atoms with E-state index in [0.717, 1.165) is 38.2 Å². The predicted octanol–water partition coefficient (Wildman–Crippen LogP) is 4.39. The highest BCUT2D eigenvalue weighted by Crippen LogP contribution is 2.46. The Morgan fingerprint density at radius 2 is 1.84 bits per heavy atom. The molecule has 1 amide bonds. The van der Waals surface area contributed by atoms with Crippen molar-refractivity contribution in [2.75, 3.05) is 39.8 Å². The normalized spacial score (nSPS) is 21.7. The highest BCUT2D eigenvalue weighted by molar-refractivity contribution is 6.30. The van der Waals surface area contributed by atoms with Crippen molar-refractivity contribution in [3.63, 3.8) is 0 Å². The molecule has 3 heterocycles. The van der Waals surface area contributed by atoms with E-state index in [0.29, 0.717) is 39.0 Å². The average molecular weight is 556 g/mol. The van der Waals surface area contributed by atoms with E-state index in [-0.39, 0.29) is 12.5 Å². The Bertz CT molecular complexity index is 1290. The van der Waals surface area contributed by atoms with Gasteiger partial charge in [0.25, 0.3) is 5.91 Å². The summed E-state index contributed by atoms with van der Waals surface area (Å²) in [5, 5.41) is 16.1. The van der Waals surface area contributed by atoms with Gasteiger partial charge in [0.1, 0.15) is 0 Å². The molecule has 1 saturated heterocycles. The molecule has 0 aliphatic carbocycles. The van der Waals surface area contributed by atoms with E-state index < -0.39 is 11.3 Å². The molecule has 1 unspecified atom stereocenters. The van der Waals surface area contributed by atoms with E-state index in [4.69, 9.17) is 27.9 Å². The number of halogens is 2. The van der Waals surface area contributed by atoms with Crippen molar-refractivity contribution in [1.29, 1.82) is 0 Å². The highest BCUT2D eigenvalue weighted by Gasteiger charge is 2.52. The number of β-amino-alcohol motifs (C(OH)–C–C–N with tert-alkyl or cyclic N) is 1. The topological polar surface area (TPSA) is 77.9 Å². The fourth-order valence-electron chi connectivity index (χ4n) is 5.54. The number of ether oxygens (including phenoxy) is 1. The molecule has 38 heavy (non-hydrogen) atoms. The number of nitrogens with one attached hydrogen (secondary N) is 1. The Morgan fingerprint density at radius 3 is 2.55 bits per heavy atom. The number of nitrogens with zero attached hydrogens (tertiary/aromatic N) is 3. The summed E-state index contributed by atoms with van der Waals surface area (Å²) in [6.07, 6.45) is 2.60. The summed E-state index contributed by atoms with van der Waals surface area (Å²) in [5.41, 5.74) is 0.996. The molecule has 3 aromatic rings. The van der Waals surface area contributed by atoms with Crippen molar-refractivity contribution < 1.29 is 14.6 Å². The molecule has 2 N–H and O–H groups in total. The van der Waals surface area contributed by atoms with Crippen LogP contribution in [0.1, 0.15) is 46.1 Å². The second-order valence-electron chi connectivity index (χ2n) is 10.1. The number of pyridine rings is 1. The number of hydrogen-bond acceptors (Lipinski definition) is 6. The van der Waals surface area contributed by atoms with Crippen molar-refractivity contribution in [2.24, 2.45) is 0 Å². The van der Waals surface area contributed by atoms with Gasteiger partial charge in [-0.1, -0.05) is 47.5 Å². The summed E-state index contributed by atoms with van der Waals surface area (Å²) in [6.45, 7) is 6.15. The van der Waals surface area contributed by atoms with Gasteiger partial charge in [-0.05, 0) is 62.3 Å². The predicted molar refractivity (Wildman–Crippen MR) is 148 cm³/mol. The van der Waals surface area contributed by atoms with Gasteiger partial charge in [-0.3, -0.25) is 19.6 Å². The summed E-state index contributed by atoms with van der Waals surface area (Å²) < 4.78 is 6.22. The van der Waals surface area contributed by atoms with Crippen molar-refractivity contribution in [3.05, 3.63) is 98.8 Å². The van der Waals surface area contributed by atoms with Crippen molar-refractivity contribution in [1.82, 2.24) is 20.1 Å². The van der Waals surface area contributed by atoms with Crippen LogP contribution in [-0.4, -0.2) is 65.6 Å². The summed E-state index contributed by atoms with van der Waals surface area (Å²) in [4.78, 5) is 22.4. The number of carbonyl (C=O) groups excluding carboxylic acids is 1. The third-order valence-electron chi connectivity index (χ3n) is 7.47. The third kappa shape index (κ3) is 5.07. The monoisotopic (exact) mass is 554 g/mol. The van der Waals surface area contributed by atoms with Gasteiger partial charge in [-0.2, -0.15) is 0 Å². The minimum absolute atomic E-state index is 0.202. The Balaban J connectivity index is 1.56. The number of rotatable bonds is 7. The minimum Gasteiger partial charge on any atom is -0.384 e. The van der Waals surface area contributed by atoms with Crippen LogP contribution in [0.25, 0.3) is 0 Å². The second kappa shape index (κ2) is 10.9. The van der Waals surface area contributed by atoms with Gasteiger partial charge >= 0.3 is 0 Å². The van der Waals surface area contributed by atoms with Crippen LogP contribution < -0.4 is 5.32 Å². The van der Waals surface area contributed by atoms with Gasteiger partial charge in [0.15, 0.2) is 5.72 Å². The number of aliphatic hydroxyl groups is 1. The Kier molecular flexibility index (Phi) is 7.78. The van der Waals surface area contributed by atoms with Gasteiger partial charge in [0.2, 0.25) is 0 Å². The second-order valence-corrected chi connectivity index (χ2v) is 11.0. The molecule has 0 radical (unpaired) electrons. The summed E-state index contributed by atoms with van der Waals surface area (Å²) >= 11 is 12.3. The van der Waals surface area contributed by atoms with E-state index in [2.05, 4.69) is 15.2 Å². The van der Waals surface area contributed by atoms with E-state index in [9.17, 15) is 9.90 Å². The van der Waals surface area contributed by atoms with E-state index in [1.165, 1.54) is 0 Å². The van der Waals surface area contributed by atoms with E-state index in [1.54, 1.807) is 42.5 Å². The number of carbonyl (C=O) groups is 1. The number of hydrogen-bond donors (Lipinski definition) is 2. The lowest BCUT2D eigenvalue weighted by atomic mass is 9.88. The molecule has 2 atom stereocenters. The fourth-order valence-corrected chi connectivity index (χ4v) is 5.78.